The number of hydrogen-bond donors (Lipinski definition) is 1. The first kappa shape index (κ1) is 19.8. The van der Waals surface area contributed by atoms with E-state index in [-0.39, 0.29) is 11.5 Å². The van der Waals surface area contributed by atoms with Crippen molar-refractivity contribution in [3.63, 3.8) is 0 Å². The minimum atomic E-state index is -0.514. The molecule has 0 radical (unpaired) electrons. The number of benzene rings is 1. The summed E-state index contributed by atoms with van der Waals surface area (Å²) in [5, 5.41) is 11.6. The molecule has 0 saturated carbocycles. The number of ether oxygens (including phenoxy) is 2. The third kappa shape index (κ3) is 4.57. The Bertz CT molecular complexity index is 1080. The van der Waals surface area contributed by atoms with Crippen LogP contribution in [0.1, 0.15) is 30.6 Å². The van der Waals surface area contributed by atoms with Crippen molar-refractivity contribution in [2.45, 2.75) is 25.8 Å². The predicted molar refractivity (Wildman–Crippen MR) is 110 cm³/mol. The van der Waals surface area contributed by atoms with Crippen LogP contribution >= 0.6 is 0 Å². The van der Waals surface area contributed by atoms with Crippen molar-refractivity contribution < 1.29 is 14.3 Å². The second kappa shape index (κ2) is 8.91. The highest BCUT2D eigenvalue weighted by Crippen LogP contribution is 2.19. The van der Waals surface area contributed by atoms with Gasteiger partial charge in [0.2, 0.25) is 5.43 Å². The summed E-state index contributed by atoms with van der Waals surface area (Å²) in [5.74, 6) is 0. The van der Waals surface area contributed by atoms with Gasteiger partial charge in [-0.2, -0.15) is 10.2 Å². The van der Waals surface area contributed by atoms with Gasteiger partial charge in [-0.15, -0.1) is 0 Å². The van der Waals surface area contributed by atoms with Crippen LogP contribution in [0.5, 0.6) is 0 Å². The lowest BCUT2D eigenvalue weighted by atomic mass is 10.1. The Labute approximate surface area is 173 Å². The van der Waals surface area contributed by atoms with Gasteiger partial charge in [0.05, 0.1) is 31.6 Å². The van der Waals surface area contributed by atoms with E-state index < -0.39 is 6.09 Å². The number of carbonyl (C=O) groups excluding carboxylic acids is 1. The second-order valence-electron chi connectivity index (χ2n) is 6.99. The van der Waals surface area contributed by atoms with Gasteiger partial charge in [-0.05, 0) is 31.0 Å². The zero-order chi connectivity index (χ0) is 20.9. The molecule has 1 aliphatic rings. The second-order valence-corrected chi connectivity index (χ2v) is 6.99. The summed E-state index contributed by atoms with van der Waals surface area (Å²) in [4.78, 5) is 24.0. The van der Waals surface area contributed by atoms with Gasteiger partial charge in [0.1, 0.15) is 11.4 Å². The Morgan fingerprint density at radius 2 is 2.27 bits per heavy atom. The summed E-state index contributed by atoms with van der Waals surface area (Å²) >= 11 is 0. The standard InChI is InChI=1S/C21H23N5O4/c1-2-30-21(28)23-16-5-3-4-15(10-16)11-19-20(27)6-8-25(24-19)18-12-22-26(13-18)17-7-9-29-14-17/h3-6,8,10,12-13,17H,2,7,9,11,14H2,1H3,(H,23,28). The molecule has 2 aromatic heterocycles. The molecule has 0 aliphatic carbocycles. The van der Waals surface area contributed by atoms with Gasteiger partial charge in [-0.1, -0.05) is 12.1 Å². The number of aromatic nitrogens is 4. The van der Waals surface area contributed by atoms with E-state index in [1.165, 1.54) is 6.07 Å². The van der Waals surface area contributed by atoms with Crippen molar-refractivity contribution in [1.29, 1.82) is 0 Å². The number of rotatable bonds is 6. The summed E-state index contributed by atoms with van der Waals surface area (Å²) in [5.41, 5.74) is 2.49. The molecule has 4 rings (SSSR count). The van der Waals surface area contributed by atoms with Crippen molar-refractivity contribution in [3.8, 4) is 5.69 Å². The number of amides is 1. The Morgan fingerprint density at radius 3 is 3.07 bits per heavy atom. The minimum absolute atomic E-state index is 0.147. The van der Waals surface area contributed by atoms with Gasteiger partial charge in [0.15, 0.2) is 0 Å². The minimum Gasteiger partial charge on any atom is -0.450 e. The van der Waals surface area contributed by atoms with Crippen LogP contribution in [0.4, 0.5) is 10.5 Å². The quantitative estimate of drug-likeness (QED) is 0.672. The van der Waals surface area contributed by atoms with E-state index in [9.17, 15) is 9.59 Å². The van der Waals surface area contributed by atoms with Gasteiger partial charge < -0.3 is 9.47 Å². The summed E-state index contributed by atoms with van der Waals surface area (Å²) in [6.07, 6.45) is 6.02. The largest absolute Gasteiger partial charge is 0.450 e. The van der Waals surface area contributed by atoms with E-state index >= 15 is 0 Å². The fourth-order valence-electron chi connectivity index (χ4n) is 3.33. The summed E-state index contributed by atoms with van der Waals surface area (Å²) in [7, 11) is 0. The molecule has 1 saturated heterocycles. The lowest BCUT2D eigenvalue weighted by Crippen LogP contribution is -2.16. The van der Waals surface area contributed by atoms with Crippen molar-refractivity contribution in [2.75, 3.05) is 25.1 Å². The fourth-order valence-corrected chi connectivity index (χ4v) is 3.33. The molecule has 1 N–H and O–H groups in total. The molecule has 1 amide bonds. The molecule has 156 valence electrons. The van der Waals surface area contributed by atoms with Crippen LogP contribution in [0.3, 0.4) is 0 Å². The maximum atomic E-state index is 12.4. The molecule has 0 spiro atoms. The van der Waals surface area contributed by atoms with E-state index in [0.717, 1.165) is 24.3 Å². The van der Waals surface area contributed by atoms with E-state index in [4.69, 9.17) is 9.47 Å². The topological polar surface area (TPSA) is 100 Å². The maximum Gasteiger partial charge on any atom is 0.411 e. The van der Waals surface area contributed by atoms with Crippen LogP contribution in [0.2, 0.25) is 0 Å². The average molecular weight is 409 g/mol. The van der Waals surface area contributed by atoms with E-state index in [2.05, 4.69) is 15.5 Å². The van der Waals surface area contributed by atoms with Crippen LogP contribution in [0, 0.1) is 0 Å². The molecule has 9 nitrogen and oxygen atoms in total. The van der Waals surface area contributed by atoms with Gasteiger partial charge in [-0.3, -0.25) is 14.8 Å². The monoisotopic (exact) mass is 409 g/mol. The molecule has 30 heavy (non-hydrogen) atoms. The van der Waals surface area contributed by atoms with Gasteiger partial charge in [0.25, 0.3) is 0 Å². The Kier molecular flexibility index (Phi) is 5.89. The van der Waals surface area contributed by atoms with Gasteiger partial charge >= 0.3 is 6.09 Å². The molecule has 3 heterocycles. The zero-order valence-corrected chi connectivity index (χ0v) is 16.7. The average Bonchev–Trinajstić information content (AvgIpc) is 3.42. The highest BCUT2D eigenvalue weighted by atomic mass is 16.5. The normalized spacial score (nSPS) is 15.8. The van der Waals surface area contributed by atoms with Crippen LogP contribution in [0.15, 0.2) is 53.7 Å². The molecule has 1 fully saturated rings. The molecule has 9 heteroatoms. The number of anilines is 1. The van der Waals surface area contributed by atoms with E-state index in [0.29, 0.717) is 31.0 Å². The number of nitrogens with one attached hydrogen (secondary N) is 1. The van der Waals surface area contributed by atoms with Crippen molar-refractivity contribution in [2.24, 2.45) is 0 Å². The van der Waals surface area contributed by atoms with E-state index in [1.54, 1.807) is 36.1 Å². The molecule has 3 aromatic rings. The Balaban J connectivity index is 1.53. The van der Waals surface area contributed by atoms with Crippen molar-refractivity contribution in [3.05, 3.63) is 70.4 Å². The summed E-state index contributed by atoms with van der Waals surface area (Å²) in [6.45, 7) is 3.43. The predicted octanol–water partition coefficient (Wildman–Crippen LogP) is 2.55. The first-order chi connectivity index (χ1) is 14.6. The molecule has 1 aliphatic heterocycles. The zero-order valence-electron chi connectivity index (χ0n) is 16.7. The van der Waals surface area contributed by atoms with Crippen molar-refractivity contribution in [1.82, 2.24) is 19.6 Å². The molecule has 1 aromatic carbocycles. The van der Waals surface area contributed by atoms with E-state index in [1.807, 2.05) is 23.0 Å². The Hall–Kier alpha value is -3.46. The maximum absolute atomic E-state index is 12.4. The van der Waals surface area contributed by atoms with Crippen LogP contribution in [-0.4, -0.2) is 45.5 Å². The highest BCUT2D eigenvalue weighted by molar-refractivity contribution is 5.84. The van der Waals surface area contributed by atoms with Crippen molar-refractivity contribution >= 4 is 11.8 Å². The highest BCUT2D eigenvalue weighted by Gasteiger charge is 2.18. The number of hydrogen-bond acceptors (Lipinski definition) is 6. The smallest absolute Gasteiger partial charge is 0.411 e. The van der Waals surface area contributed by atoms with Crippen LogP contribution in [-0.2, 0) is 15.9 Å². The SMILES string of the molecule is CCOC(=O)Nc1cccc(Cc2nn(-c3cnn(C4CCOC4)c3)ccc2=O)c1. The number of nitrogens with zero attached hydrogens (tertiary/aromatic N) is 4. The van der Waals surface area contributed by atoms with Gasteiger partial charge in [0, 0.05) is 31.0 Å². The van der Waals surface area contributed by atoms with Gasteiger partial charge in [-0.25, -0.2) is 9.48 Å². The summed E-state index contributed by atoms with van der Waals surface area (Å²) < 4.78 is 13.8. The fraction of sp³-hybridized carbons (Fsp3) is 0.333. The van der Waals surface area contributed by atoms with Crippen LogP contribution < -0.4 is 10.7 Å². The first-order valence-electron chi connectivity index (χ1n) is 9.86. The molecule has 0 bridgehead atoms. The molecule has 1 atom stereocenters. The molecular weight excluding hydrogens is 386 g/mol. The lowest BCUT2D eigenvalue weighted by molar-refractivity contribution is 0.168. The third-order valence-corrected chi connectivity index (χ3v) is 4.83. The van der Waals surface area contributed by atoms with Crippen LogP contribution in [0.25, 0.3) is 5.69 Å². The molecular formula is C21H23N5O4. The third-order valence-electron chi connectivity index (χ3n) is 4.83. The first-order valence-corrected chi connectivity index (χ1v) is 9.86. The number of carbonyl (C=O) groups is 1. The molecule has 1 unspecified atom stereocenters. The Morgan fingerprint density at radius 1 is 1.37 bits per heavy atom. The lowest BCUT2D eigenvalue weighted by Gasteiger charge is -2.09. The summed E-state index contributed by atoms with van der Waals surface area (Å²) in [6, 6.07) is 8.98.